The minimum atomic E-state index is 0.527. The van der Waals surface area contributed by atoms with Crippen LogP contribution >= 0.6 is 0 Å². The van der Waals surface area contributed by atoms with E-state index in [2.05, 4.69) is 41.7 Å². The maximum absolute atomic E-state index is 5.67. The number of piperazine rings is 1. The van der Waals surface area contributed by atoms with Crippen LogP contribution in [0.2, 0.25) is 0 Å². The first-order valence-electron chi connectivity index (χ1n) is 6.68. The largest absolute Gasteiger partial charge is 0.477 e. The highest BCUT2D eigenvalue weighted by Crippen LogP contribution is 2.17. The van der Waals surface area contributed by atoms with Gasteiger partial charge in [-0.05, 0) is 19.0 Å². The van der Waals surface area contributed by atoms with E-state index in [0.29, 0.717) is 5.92 Å². The molecule has 1 aromatic rings. The van der Waals surface area contributed by atoms with Crippen molar-refractivity contribution in [3.8, 4) is 5.88 Å². The number of anilines is 1. The summed E-state index contributed by atoms with van der Waals surface area (Å²) in [5.41, 5.74) is 0. The first-order chi connectivity index (χ1) is 8.65. The van der Waals surface area contributed by atoms with E-state index in [1.54, 1.807) is 0 Å². The van der Waals surface area contributed by atoms with Crippen LogP contribution in [0.25, 0.3) is 0 Å². The van der Waals surface area contributed by atoms with E-state index in [9.17, 15) is 0 Å². The molecule has 1 aliphatic rings. The Bertz CT molecular complexity index is 373. The van der Waals surface area contributed by atoms with Gasteiger partial charge in [0.25, 0.3) is 0 Å². The topological polar surface area (TPSA) is 28.6 Å². The minimum absolute atomic E-state index is 0.527. The van der Waals surface area contributed by atoms with Crippen LogP contribution in [-0.2, 0) is 0 Å². The summed E-state index contributed by atoms with van der Waals surface area (Å²) in [5, 5.41) is 0. The zero-order valence-electron chi connectivity index (χ0n) is 11.6. The lowest BCUT2D eigenvalue weighted by Crippen LogP contribution is -2.44. The predicted octanol–water partition coefficient (Wildman–Crippen LogP) is 1.87. The van der Waals surface area contributed by atoms with Gasteiger partial charge in [0.05, 0.1) is 6.61 Å². The van der Waals surface area contributed by atoms with E-state index in [-0.39, 0.29) is 0 Å². The molecule has 0 aliphatic carbocycles. The highest BCUT2D eigenvalue weighted by atomic mass is 16.5. The zero-order valence-corrected chi connectivity index (χ0v) is 11.6. The third-order valence-corrected chi connectivity index (χ3v) is 3.10. The number of aromatic nitrogens is 1. The lowest BCUT2D eigenvalue weighted by atomic mass is 10.2. The Morgan fingerprint density at radius 3 is 2.61 bits per heavy atom. The summed E-state index contributed by atoms with van der Waals surface area (Å²) >= 11 is 0. The molecule has 0 N–H and O–H groups in total. The average molecular weight is 249 g/mol. The van der Waals surface area contributed by atoms with Gasteiger partial charge in [-0.15, -0.1) is 0 Å². The third kappa shape index (κ3) is 3.60. The first kappa shape index (κ1) is 13.1. The maximum Gasteiger partial charge on any atom is 0.215 e. The molecule has 1 aliphatic heterocycles. The Balaban J connectivity index is 1.98. The second-order valence-electron chi connectivity index (χ2n) is 5.33. The summed E-state index contributed by atoms with van der Waals surface area (Å²) in [4.78, 5) is 9.24. The molecule has 4 heteroatoms. The molecule has 0 saturated carbocycles. The standard InChI is InChI=1S/C14H23N3O/c1-12(2)11-18-14-6-4-5-13(15-14)17-9-7-16(3)8-10-17/h4-6,12H,7-11H2,1-3H3. The number of hydrogen-bond acceptors (Lipinski definition) is 4. The van der Waals surface area contributed by atoms with E-state index >= 15 is 0 Å². The van der Waals surface area contributed by atoms with Crippen LogP contribution < -0.4 is 9.64 Å². The van der Waals surface area contributed by atoms with Gasteiger partial charge in [0, 0.05) is 32.2 Å². The van der Waals surface area contributed by atoms with Crippen molar-refractivity contribution in [2.75, 3.05) is 44.7 Å². The molecule has 18 heavy (non-hydrogen) atoms. The van der Waals surface area contributed by atoms with Crippen LogP contribution in [0.1, 0.15) is 13.8 Å². The van der Waals surface area contributed by atoms with Crippen molar-refractivity contribution in [1.29, 1.82) is 0 Å². The molecule has 0 bridgehead atoms. The molecule has 0 spiro atoms. The van der Waals surface area contributed by atoms with Gasteiger partial charge in [0.1, 0.15) is 5.82 Å². The summed E-state index contributed by atoms with van der Waals surface area (Å²) in [5.74, 6) is 2.29. The molecule has 1 saturated heterocycles. The zero-order chi connectivity index (χ0) is 13.0. The average Bonchev–Trinajstić information content (AvgIpc) is 2.37. The fraction of sp³-hybridized carbons (Fsp3) is 0.643. The fourth-order valence-corrected chi connectivity index (χ4v) is 1.95. The normalized spacial score (nSPS) is 17.2. The van der Waals surface area contributed by atoms with E-state index in [0.717, 1.165) is 44.5 Å². The van der Waals surface area contributed by atoms with Crippen molar-refractivity contribution < 1.29 is 4.74 Å². The van der Waals surface area contributed by atoms with Gasteiger partial charge in [-0.25, -0.2) is 0 Å². The van der Waals surface area contributed by atoms with E-state index in [1.165, 1.54) is 0 Å². The highest BCUT2D eigenvalue weighted by molar-refractivity contribution is 5.41. The van der Waals surface area contributed by atoms with Gasteiger partial charge in [0.2, 0.25) is 5.88 Å². The lowest BCUT2D eigenvalue weighted by Gasteiger charge is -2.33. The molecule has 0 atom stereocenters. The monoisotopic (exact) mass is 249 g/mol. The molecule has 4 nitrogen and oxygen atoms in total. The summed E-state index contributed by atoms with van der Waals surface area (Å²) in [6.07, 6.45) is 0. The van der Waals surface area contributed by atoms with Crippen molar-refractivity contribution >= 4 is 5.82 Å². The summed E-state index contributed by atoms with van der Waals surface area (Å²) in [6, 6.07) is 6.02. The predicted molar refractivity (Wildman–Crippen MR) is 74.3 cm³/mol. The number of rotatable bonds is 4. The van der Waals surface area contributed by atoms with Crippen molar-refractivity contribution in [3.63, 3.8) is 0 Å². The molecule has 1 aromatic heterocycles. The smallest absolute Gasteiger partial charge is 0.215 e. The fourth-order valence-electron chi connectivity index (χ4n) is 1.95. The molecule has 0 aromatic carbocycles. The van der Waals surface area contributed by atoms with Crippen LogP contribution in [0.5, 0.6) is 5.88 Å². The second-order valence-corrected chi connectivity index (χ2v) is 5.33. The van der Waals surface area contributed by atoms with Crippen LogP contribution in [-0.4, -0.2) is 49.7 Å². The lowest BCUT2D eigenvalue weighted by molar-refractivity contribution is 0.261. The maximum atomic E-state index is 5.67. The number of pyridine rings is 1. The molecule has 0 unspecified atom stereocenters. The molecular weight excluding hydrogens is 226 g/mol. The molecule has 1 fully saturated rings. The van der Waals surface area contributed by atoms with E-state index in [1.807, 2.05) is 12.1 Å². The Hall–Kier alpha value is -1.29. The third-order valence-electron chi connectivity index (χ3n) is 3.10. The van der Waals surface area contributed by atoms with E-state index in [4.69, 9.17) is 4.74 Å². The Morgan fingerprint density at radius 2 is 1.94 bits per heavy atom. The Morgan fingerprint density at radius 1 is 1.22 bits per heavy atom. The highest BCUT2D eigenvalue weighted by Gasteiger charge is 2.15. The van der Waals surface area contributed by atoms with Crippen molar-refractivity contribution in [2.24, 2.45) is 5.92 Å². The van der Waals surface area contributed by atoms with Crippen LogP contribution in [0.15, 0.2) is 18.2 Å². The van der Waals surface area contributed by atoms with Crippen LogP contribution in [0, 0.1) is 5.92 Å². The molecule has 2 heterocycles. The molecule has 2 rings (SSSR count). The van der Waals surface area contributed by atoms with Crippen LogP contribution in [0.4, 0.5) is 5.82 Å². The van der Waals surface area contributed by atoms with Crippen molar-refractivity contribution in [3.05, 3.63) is 18.2 Å². The Labute approximate surface area is 110 Å². The molecule has 100 valence electrons. The van der Waals surface area contributed by atoms with Crippen LogP contribution in [0.3, 0.4) is 0 Å². The summed E-state index contributed by atoms with van der Waals surface area (Å²) in [7, 11) is 2.16. The number of hydrogen-bond donors (Lipinski definition) is 0. The minimum Gasteiger partial charge on any atom is -0.477 e. The Kier molecular flexibility index (Phi) is 4.42. The first-order valence-corrected chi connectivity index (χ1v) is 6.68. The quantitative estimate of drug-likeness (QED) is 0.814. The van der Waals surface area contributed by atoms with Gasteiger partial charge in [-0.1, -0.05) is 19.9 Å². The van der Waals surface area contributed by atoms with Crippen molar-refractivity contribution in [1.82, 2.24) is 9.88 Å². The molecular formula is C14H23N3O. The van der Waals surface area contributed by atoms with Gasteiger partial charge in [-0.3, -0.25) is 0 Å². The van der Waals surface area contributed by atoms with Gasteiger partial charge in [-0.2, -0.15) is 4.98 Å². The van der Waals surface area contributed by atoms with Gasteiger partial charge < -0.3 is 14.5 Å². The van der Waals surface area contributed by atoms with Gasteiger partial charge in [0.15, 0.2) is 0 Å². The molecule has 0 radical (unpaired) electrons. The molecule has 0 amide bonds. The van der Waals surface area contributed by atoms with Crippen molar-refractivity contribution in [2.45, 2.75) is 13.8 Å². The number of ether oxygens (including phenoxy) is 1. The van der Waals surface area contributed by atoms with E-state index < -0.39 is 0 Å². The second kappa shape index (κ2) is 6.05. The van der Waals surface area contributed by atoms with Gasteiger partial charge >= 0.3 is 0 Å². The SMILES string of the molecule is CC(C)COc1cccc(N2CCN(C)CC2)n1. The summed E-state index contributed by atoms with van der Waals surface area (Å²) in [6.45, 7) is 9.28. The number of nitrogens with zero attached hydrogens (tertiary/aromatic N) is 3. The summed E-state index contributed by atoms with van der Waals surface area (Å²) < 4.78 is 5.67. The number of likely N-dealkylation sites (N-methyl/N-ethyl adjacent to an activating group) is 1.